The first kappa shape index (κ1) is 16.4. The Kier molecular flexibility index (Phi) is 5.07. The minimum absolute atomic E-state index is 0.0894. The summed E-state index contributed by atoms with van der Waals surface area (Å²) in [6.07, 6.45) is 2.13. The quantitative estimate of drug-likeness (QED) is 0.848. The minimum atomic E-state index is -3.69. The highest BCUT2D eigenvalue weighted by molar-refractivity contribution is 7.92. The monoisotopic (exact) mass is 322 g/mol. The number of hydrogen-bond acceptors (Lipinski definition) is 5. The third kappa shape index (κ3) is 4.49. The number of rotatable bonds is 4. The van der Waals surface area contributed by atoms with Crippen molar-refractivity contribution < 1.29 is 18.0 Å². The van der Waals surface area contributed by atoms with Crippen LogP contribution in [0.1, 0.15) is 31.2 Å². The Morgan fingerprint density at radius 2 is 1.91 bits per heavy atom. The SMILES string of the molecule is Cc1ccc(S(=O)(=O)CC(=O)N/N=C2\CCCC(=O)C2)cc1. The van der Waals surface area contributed by atoms with E-state index in [4.69, 9.17) is 0 Å². The summed E-state index contributed by atoms with van der Waals surface area (Å²) in [5, 5.41) is 3.86. The summed E-state index contributed by atoms with van der Waals surface area (Å²) >= 11 is 0. The van der Waals surface area contributed by atoms with Gasteiger partial charge in [0, 0.05) is 18.6 Å². The number of carbonyl (C=O) groups excluding carboxylic acids is 2. The normalized spacial score (nSPS) is 17.5. The van der Waals surface area contributed by atoms with Crippen molar-refractivity contribution in [3.05, 3.63) is 29.8 Å². The molecule has 1 aromatic rings. The van der Waals surface area contributed by atoms with Crippen molar-refractivity contribution in [1.82, 2.24) is 5.43 Å². The van der Waals surface area contributed by atoms with E-state index in [-0.39, 0.29) is 17.1 Å². The molecule has 0 unspecified atom stereocenters. The largest absolute Gasteiger partial charge is 0.299 e. The smallest absolute Gasteiger partial charge is 0.255 e. The van der Waals surface area contributed by atoms with Gasteiger partial charge in [0.1, 0.15) is 11.5 Å². The van der Waals surface area contributed by atoms with Crippen LogP contribution in [0.4, 0.5) is 0 Å². The fourth-order valence-corrected chi connectivity index (χ4v) is 3.29. The average Bonchev–Trinajstić information content (AvgIpc) is 2.45. The number of nitrogens with zero attached hydrogens (tertiary/aromatic N) is 1. The number of aryl methyl sites for hydroxylation is 1. The van der Waals surface area contributed by atoms with E-state index in [9.17, 15) is 18.0 Å². The van der Waals surface area contributed by atoms with Crippen molar-refractivity contribution >= 4 is 27.2 Å². The lowest BCUT2D eigenvalue weighted by Gasteiger charge is -2.11. The van der Waals surface area contributed by atoms with Crippen LogP contribution in [0.15, 0.2) is 34.3 Å². The molecule has 0 atom stereocenters. The van der Waals surface area contributed by atoms with Gasteiger partial charge < -0.3 is 0 Å². The Balaban J connectivity index is 1.97. The Morgan fingerprint density at radius 3 is 2.55 bits per heavy atom. The second-order valence-electron chi connectivity index (χ2n) is 5.35. The number of sulfone groups is 1. The Bertz CT molecular complexity index is 706. The molecule has 2 rings (SSSR count). The van der Waals surface area contributed by atoms with Crippen molar-refractivity contribution in [2.24, 2.45) is 5.10 Å². The topological polar surface area (TPSA) is 92.7 Å². The second kappa shape index (κ2) is 6.83. The van der Waals surface area contributed by atoms with Gasteiger partial charge in [-0.2, -0.15) is 5.10 Å². The summed E-state index contributed by atoms with van der Waals surface area (Å²) in [4.78, 5) is 23.1. The maximum Gasteiger partial charge on any atom is 0.255 e. The molecule has 0 bridgehead atoms. The summed E-state index contributed by atoms with van der Waals surface area (Å²) in [6, 6.07) is 6.31. The van der Waals surface area contributed by atoms with Gasteiger partial charge in [0.2, 0.25) is 0 Å². The summed E-state index contributed by atoms with van der Waals surface area (Å²) in [5.41, 5.74) is 3.76. The third-order valence-electron chi connectivity index (χ3n) is 3.36. The van der Waals surface area contributed by atoms with E-state index in [2.05, 4.69) is 10.5 Å². The number of carbonyl (C=O) groups is 2. The second-order valence-corrected chi connectivity index (χ2v) is 7.34. The van der Waals surface area contributed by atoms with Crippen molar-refractivity contribution in [3.63, 3.8) is 0 Å². The molecule has 6 nitrogen and oxygen atoms in total. The molecule has 0 aromatic heterocycles. The van der Waals surface area contributed by atoms with Gasteiger partial charge in [-0.15, -0.1) is 0 Å². The van der Waals surface area contributed by atoms with Crippen LogP contribution in [0.5, 0.6) is 0 Å². The van der Waals surface area contributed by atoms with Gasteiger partial charge in [-0.1, -0.05) is 17.7 Å². The van der Waals surface area contributed by atoms with Gasteiger partial charge in [-0.25, -0.2) is 13.8 Å². The van der Waals surface area contributed by atoms with E-state index < -0.39 is 21.5 Å². The molecule has 1 N–H and O–H groups in total. The Hall–Kier alpha value is -2.02. The molecule has 0 aliphatic heterocycles. The van der Waals surface area contributed by atoms with Crippen LogP contribution >= 0.6 is 0 Å². The average molecular weight is 322 g/mol. The highest BCUT2D eigenvalue weighted by Gasteiger charge is 2.20. The zero-order valence-corrected chi connectivity index (χ0v) is 13.1. The molecule has 1 fully saturated rings. The minimum Gasteiger partial charge on any atom is -0.299 e. The molecule has 22 heavy (non-hydrogen) atoms. The molecular formula is C15H18N2O4S. The molecule has 1 aromatic carbocycles. The van der Waals surface area contributed by atoms with E-state index in [1.807, 2.05) is 6.92 Å². The summed E-state index contributed by atoms with van der Waals surface area (Å²) in [5.74, 6) is -1.28. The number of hydrogen-bond donors (Lipinski definition) is 1. The van der Waals surface area contributed by atoms with Gasteiger partial charge in [-0.05, 0) is 31.9 Å². The number of Topliss-reactive ketones (excluding diaryl/α,β-unsaturated/α-hetero) is 1. The summed E-state index contributed by atoms with van der Waals surface area (Å²) in [6.45, 7) is 1.85. The predicted octanol–water partition coefficient (Wildman–Crippen LogP) is 1.38. The van der Waals surface area contributed by atoms with Crippen LogP contribution in [0.25, 0.3) is 0 Å². The van der Waals surface area contributed by atoms with Crippen molar-refractivity contribution in [1.29, 1.82) is 0 Å². The molecule has 0 saturated heterocycles. The molecule has 7 heteroatoms. The maximum atomic E-state index is 12.1. The van der Waals surface area contributed by atoms with Crippen LogP contribution in [0.3, 0.4) is 0 Å². The fourth-order valence-electron chi connectivity index (χ4n) is 2.16. The van der Waals surface area contributed by atoms with Crippen LogP contribution < -0.4 is 5.43 Å². The van der Waals surface area contributed by atoms with E-state index in [0.29, 0.717) is 18.6 Å². The molecule has 1 aliphatic rings. The van der Waals surface area contributed by atoms with Crippen molar-refractivity contribution in [2.75, 3.05) is 5.75 Å². The molecule has 0 spiro atoms. The molecule has 118 valence electrons. The first-order valence-electron chi connectivity index (χ1n) is 7.02. The lowest BCUT2D eigenvalue weighted by molar-refractivity contribution is -0.119. The maximum absolute atomic E-state index is 12.1. The van der Waals surface area contributed by atoms with E-state index in [1.165, 1.54) is 12.1 Å². The molecule has 0 heterocycles. The Labute approximate surface area is 129 Å². The molecule has 1 amide bonds. The number of nitrogens with one attached hydrogen (secondary N) is 1. The lowest BCUT2D eigenvalue weighted by Crippen LogP contribution is -2.28. The predicted molar refractivity (Wildman–Crippen MR) is 82.3 cm³/mol. The molecule has 1 aliphatic carbocycles. The number of hydrazone groups is 1. The van der Waals surface area contributed by atoms with E-state index >= 15 is 0 Å². The van der Waals surface area contributed by atoms with Crippen LogP contribution in [0.2, 0.25) is 0 Å². The standard InChI is InChI=1S/C15H18N2O4S/c1-11-5-7-14(8-6-11)22(20,21)10-15(19)17-16-12-3-2-4-13(18)9-12/h5-8H,2-4,9-10H2,1H3,(H,17,19)/b16-12+. The molecule has 1 saturated carbocycles. The van der Waals surface area contributed by atoms with Gasteiger partial charge >= 0.3 is 0 Å². The van der Waals surface area contributed by atoms with Gasteiger partial charge in [0.15, 0.2) is 9.84 Å². The van der Waals surface area contributed by atoms with E-state index in [0.717, 1.165) is 12.0 Å². The van der Waals surface area contributed by atoms with Gasteiger partial charge in [0.25, 0.3) is 5.91 Å². The lowest BCUT2D eigenvalue weighted by atomic mass is 9.97. The highest BCUT2D eigenvalue weighted by atomic mass is 32.2. The van der Waals surface area contributed by atoms with Crippen LogP contribution in [-0.4, -0.2) is 31.6 Å². The van der Waals surface area contributed by atoms with Crippen LogP contribution in [0, 0.1) is 6.92 Å². The number of amides is 1. The molecular weight excluding hydrogens is 304 g/mol. The molecule has 0 radical (unpaired) electrons. The van der Waals surface area contributed by atoms with Gasteiger partial charge in [-0.3, -0.25) is 9.59 Å². The fraction of sp³-hybridized carbons (Fsp3) is 0.400. The zero-order valence-electron chi connectivity index (χ0n) is 12.3. The van der Waals surface area contributed by atoms with E-state index in [1.54, 1.807) is 12.1 Å². The highest BCUT2D eigenvalue weighted by Crippen LogP contribution is 2.13. The van der Waals surface area contributed by atoms with Crippen molar-refractivity contribution in [2.45, 2.75) is 37.5 Å². The number of ketones is 1. The third-order valence-corrected chi connectivity index (χ3v) is 4.99. The summed E-state index contributed by atoms with van der Waals surface area (Å²) in [7, 11) is -3.69. The summed E-state index contributed by atoms with van der Waals surface area (Å²) < 4.78 is 24.2. The Morgan fingerprint density at radius 1 is 1.23 bits per heavy atom. The first-order chi connectivity index (χ1) is 10.4. The van der Waals surface area contributed by atoms with Gasteiger partial charge in [0.05, 0.1) is 4.90 Å². The first-order valence-corrected chi connectivity index (χ1v) is 8.67. The van der Waals surface area contributed by atoms with Crippen LogP contribution in [-0.2, 0) is 19.4 Å². The van der Waals surface area contributed by atoms with Crippen molar-refractivity contribution in [3.8, 4) is 0 Å². The number of benzene rings is 1. The zero-order chi connectivity index (χ0) is 16.2.